The number of carbonyl (C=O) groups excluding carboxylic acids is 2. The van der Waals surface area contributed by atoms with Crippen molar-refractivity contribution in [2.24, 2.45) is 0 Å². The maximum Gasteiger partial charge on any atom is 0.244 e. The van der Waals surface area contributed by atoms with Gasteiger partial charge in [-0.25, -0.2) is 4.68 Å². The Morgan fingerprint density at radius 3 is 3.12 bits per heavy atom. The highest BCUT2D eigenvalue weighted by molar-refractivity contribution is 5.84. The number of hydrogen-bond donors (Lipinski definition) is 3. The lowest BCUT2D eigenvalue weighted by Crippen LogP contribution is -2.38. The van der Waals surface area contributed by atoms with Crippen molar-refractivity contribution in [3.05, 3.63) is 47.4 Å². The first-order valence-electron chi connectivity index (χ1n) is 8.66. The minimum atomic E-state index is -0.377. The number of hydrogen-bond acceptors (Lipinski definition) is 4. The molecule has 26 heavy (non-hydrogen) atoms. The van der Waals surface area contributed by atoms with Gasteiger partial charge in [-0.15, -0.1) is 5.10 Å². The van der Waals surface area contributed by atoms with Crippen molar-refractivity contribution in [2.75, 3.05) is 0 Å². The van der Waals surface area contributed by atoms with Gasteiger partial charge < -0.3 is 15.6 Å². The van der Waals surface area contributed by atoms with Gasteiger partial charge in [-0.05, 0) is 25.0 Å². The van der Waals surface area contributed by atoms with Gasteiger partial charge in [0.1, 0.15) is 11.7 Å². The highest BCUT2D eigenvalue weighted by Gasteiger charge is 2.27. The maximum absolute atomic E-state index is 12.2. The second kappa shape index (κ2) is 6.62. The standard InChI is InChI=1S/C18H20N6O2/c1-11-18(26)21-10-16-15(22-23-24(11)16)9-20-17(25)7-6-12-8-19-14-5-3-2-4-13(12)14/h2-5,8,11,19H,6-7,9-10H2,1H3,(H,20,25)(H,21,26). The molecule has 3 heterocycles. The molecule has 1 unspecified atom stereocenters. The van der Waals surface area contributed by atoms with Crippen LogP contribution in [0.2, 0.25) is 0 Å². The second-order valence-corrected chi connectivity index (χ2v) is 6.46. The van der Waals surface area contributed by atoms with E-state index in [4.69, 9.17) is 0 Å². The molecule has 0 bridgehead atoms. The number of rotatable bonds is 5. The van der Waals surface area contributed by atoms with Gasteiger partial charge in [-0.1, -0.05) is 23.4 Å². The molecule has 1 aliphatic heterocycles. The van der Waals surface area contributed by atoms with E-state index in [1.807, 2.05) is 24.4 Å². The molecule has 0 aliphatic carbocycles. The summed E-state index contributed by atoms with van der Waals surface area (Å²) in [5, 5.41) is 15.0. The summed E-state index contributed by atoms with van der Waals surface area (Å²) in [5.41, 5.74) is 3.74. The van der Waals surface area contributed by atoms with Crippen molar-refractivity contribution in [2.45, 2.75) is 38.9 Å². The molecular formula is C18H20N6O2. The lowest BCUT2D eigenvalue weighted by atomic mass is 10.1. The van der Waals surface area contributed by atoms with Crippen LogP contribution in [0.4, 0.5) is 0 Å². The highest BCUT2D eigenvalue weighted by Crippen LogP contribution is 2.19. The SMILES string of the molecule is CC1C(=O)NCc2c(CNC(=O)CCc3c[nH]c4ccccc34)nnn21. The number of aryl methyl sites for hydroxylation is 1. The zero-order chi connectivity index (χ0) is 18.1. The van der Waals surface area contributed by atoms with E-state index in [0.29, 0.717) is 31.6 Å². The third-order valence-electron chi connectivity index (χ3n) is 4.80. The monoisotopic (exact) mass is 352 g/mol. The Morgan fingerprint density at radius 2 is 2.23 bits per heavy atom. The van der Waals surface area contributed by atoms with Crippen LogP contribution in [0.1, 0.15) is 36.3 Å². The molecule has 0 radical (unpaired) electrons. The minimum Gasteiger partial charge on any atom is -0.361 e. The third-order valence-corrected chi connectivity index (χ3v) is 4.80. The van der Waals surface area contributed by atoms with Crippen LogP contribution in [0.15, 0.2) is 30.5 Å². The number of H-pyrrole nitrogens is 1. The first-order valence-corrected chi connectivity index (χ1v) is 8.66. The summed E-state index contributed by atoms with van der Waals surface area (Å²) in [7, 11) is 0. The predicted molar refractivity (Wildman–Crippen MR) is 95.0 cm³/mol. The molecule has 1 aliphatic rings. The molecule has 1 atom stereocenters. The lowest BCUT2D eigenvalue weighted by molar-refractivity contribution is -0.125. The molecule has 134 valence electrons. The molecule has 3 aromatic rings. The van der Waals surface area contributed by atoms with E-state index in [2.05, 4.69) is 32.0 Å². The molecular weight excluding hydrogens is 332 g/mol. The van der Waals surface area contributed by atoms with Gasteiger partial charge >= 0.3 is 0 Å². The van der Waals surface area contributed by atoms with Crippen LogP contribution in [0, 0.1) is 0 Å². The smallest absolute Gasteiger partial charge is 0.244 e. The van der Waals surface area contributed by atoms with Gasteiger partial charge in [0.05, 0.1) is 18.8 Å². The third kappa shape index (κ3) is 2.94. The Morgan fingerprint density at radius 1 is 1.38 bits per heavy atom. The van der Waals surface area contributed by atoms with E-state index in [0.717, 1.165) is 22.2 Å². The largest absolute Gasteiger partial charge is 0.361 e. The Labute approximate surface area is 150 Å². The summed E-state index contributed by atoms with van der Waals surface area (Å²) < 4.78 is 1.62. The van der Waals surface area contributed by atoms with Crippen LogP contribution in [-0.2, 0) is 29.1 Å². The summed E-state index contributed by atoms with van der Waals surface area (Å²) in [5.74, 6) is -0.110. The van der Waals surface area contributed by atoms with Crippen LogP contribution >= 0.6 is 0 Å². The minimum absolute atomic E-state index is 0.0371. The average Bonchev–Trinajstić information content (AvgIpc) is 3.25. The van der Waals surface area contributed by atoms with Crippen molar-refractivity contribution in [3.63, 3.8) is 0 Å². The van der Waals surface area contributed by atoms with Gasteiger partial charge in [0.15, 0.2) is 0 Å². The van der Waals surface area contributed by atoms with E-state index in [1.54, 1.807) is 11.6 Å². The van der Waals surface area contributed by atoms with Crippen LogP contribution in [0.3, 0.4) is 0 Å². The van der Waals surface area contributed by atoms with Gasteiger partial charge in [0, 0.05) is 23.5 Å². The van der Waals surface area contributed by atoms with E-state index >= 15 is 0 Å². The van der Waals surface area contributed by atoms with Crippen LogP contribution in [0.25, 0.3) is 10.9 Å². The maximum atomic E-state index is 12.2. The summed E-state index contributed by atoms with van der Waals surface area (Å²) in [6.45, 7) is 2.47. The topological polar surface area (TPSA) is 105 Å². The zero-order valence-corrected chi connectivity index (χ0v) is 14.5. The van der Waals surface area contributed by atoms with Gasteiger partial charge in [-0.2, -0.15) is 0 Å². The molecule has 3 N–H and O–H groups in total. The summed E-state index contributed by atoms with van der Waals surface area (Å²) in [6, 6.07) is 7.68. The van der Waals surface area contributed by atoms with Crippen molar-refractivity contribution < 1.29 is 9.59 Å². The van der Waals surface area contributed by atoms with E-state index in [9.17, 15) is 9.59 Å². The van der Waals surface area contributed by atoms with Crippen LogP contribution < -0.4 is 10.6 Å². The molecule has 0 saturated heterocycles. The van der Waals surface area contributed by atoms with Crippen LogP contribution in [0.5, 0.6) is 0 Å². The fourth-order valence-electron chi connectivity index (χ4n) is 3.26. The molecule has 8 nitrogen and oxygen atoms in total. The molecule has 4 rings (SSSR count). The van der Waals surface area contributed by atoms with Crippen LogP contribution in [-0.4, -0.2) is 31.8 Å². The summed E-state index contributed by atoms with van der Waals surface area (Å²) in [4.78, 5) is 27.1. The second-order valence-electron chi connectivity index (χ2n) is 6.46. The van der Waals surface area contributed by atoms with Crippen molar-refractivity contribution >= 4 is 22.7 Å². The Bertz CT molecular complexity index is 973. The van der Waals surface area contributed by atoms with Crippen molar-refractivity contribution in [3.8, 4) is 0 Å². The fraction of sp³-hybridized carbons (Fsp3) is 0.333. The number of aromatic nitrogens is 4. The van der Waals surface area contributed by atoms with Gasteiger partial charge in [0.2, 0.25) is 11.8 Å². The quantitative estimate of drug-likeness (QED) is 0.642. The van der Waals surface area contributed by atoms with Gasteiger partial charge in [-0.3, -0.25) is 9.59 Å². The van der Waals surface area contributed by atoms with E-state index < -0.39 is 0 Å². The lowest BCUT2D eigenvalue weighted by Gasteiger charge is -2.20. The van der Waals surface area contributed by atoms with E-state index in [-0.39, 0.29) is 17.9 Å². The number of nitrogens with zero attached hydrogens (tertiary/aromatic N) is 3. The average molecular weight is 352 g/mol. The number of amides is 2. The molecule has 1 aromatic carbocycles. The van der Waals surface area contributed by atoms with Crippen molar-refractivity contribution in [1.82, 2.24) is 30.6 Å². The number of fused-ring (bicyclic) bond motifs is 2. The molecule has 0 fully saturated rings. The molecule has 8 heteroatoms. The number of para-hydroxylation sites is 1. The first kappa shape index (κ1) is 16.3. The normalized spacial score (nSPS) is 16.3. The van der Waals surface area contributed by atoms with E-state index in [1.165, 1.54) is 0 Å². The highest BCUT2D eigenvalue weighted by atomic mass is 16.2. The molecule has 2 aromatic heterocycles. The molecule has 0 saturated carbocycles. The Kier molecular flexibility index (Phi) is 4.16. The van der Waals surface area contributed by atoms with Crippen molar-refractivity contribution in [1.29, 1.82) is 0 Å². The summed E-state index contributed by atoms with van der Waals surface area (Å²) >= 11 is 0. The predicted octanol–water partition coefficient (Wildman–Crippen LogP) is 1.20. The molecule has 2 amide bonds. The first-order chi connectivity index (χ1) is 12.6. The van der Waals surface area contributed by atoms with Gasteiger partial charge in [0.25, 0.3) is 0 Å². The number of aromatic amines is 1. The Balaban J connectivity index is 1.35. The number of benzene rings is 1. The zero-order valence-electron chi connectivity index (χ0n) is 14.5. The number of nitrogens with one attached hydrogen (secondary N) is 3. The summed E-state index contributed by atoms with van der Waals surface area (Å²) in [6.07, 6.45) is 3.03. The fourth-order valence-corrected chi connectivity index (χ4v) is 3.26. The number of carbonyl (C=O) groups is 2. The molecule has 0 spiro atoms. The Hall–Kier alpha value is -3.16.